The minimum atomic E-state index is -0.924. The number of rotatable bonds is 2. The smallest absolute Gasteiger partial charge is 0.290 e. The molecule has 8 nitrogen and oxygen atoms in total. The van der Waals surface area contributed by atoms with Crippen molar-refractivity contribution >= 4 is 18.3 Å². The SMILES string of the molecule is CC(=O)NC(C)(C)C(=O)N1CCCCN2CCCCC2CCc2cccc(c2)OCC1.O=CO. The van der Waals surface area contributed by atoms with Crippen LogP contribution in [0.2, 0.25) is 0 Å². The number of fused-ring (bicyclic) bond motifs is 3. The van der Waals surface area contributed by atoms with Crippen molar-refractivity contribution in [1.82, 2.24) is 15.1 Å². The number of nitrogens with one attached hydrogen (secondary N) is 1. The predicted octanol–water partition coefficient (Wildman–Crippen LogP) is 3.09. The Balaban J connectivity index is 0.00000129. The molecule has 1 atom stereocenters. The highest BCUT2D eigenvalue weighted by Gasteiger charge is 2.32. The maximum atomic E-state index is 13.2. The first-order chi connectivity index (χ1) is 16.3. The Labute approximate surface area is 203 Å². The van der Waals surface area contributed by atoms with E-state index in [0.29, 0.717) is 25.7 Å². The molecule has 0 spiro atoms. The average Bonchev–Trinajstić information content (AvgIpc) is 2.79. The quantitative estimate of drug-likeness (QED) is 0.638. The summed E-state index contributed by atoms with van der Waals surface area (Å²) in [5.74, 6) is 0.613. The van der Waals surface area contributed by atoms with Gasteiger partial charge in [-0.25, -0.2) is 0 Å². The van der Waals surface area contributed by atoms with Gasteiger partial charge in [0.2, 0.25) is 11.8 Å². The van der Waals surface area contributed by atoms with Crippen molar-refractivity contribution in [3.8, 4) is 5.75 Å². The van der Waals surface area contributed by atoms with Crippen molar-refractivity contribution in [2.24, 2.45) is 0 Å². The van der Waals surface area contributed by atoms with Crippen LogP contribution in [0, 0.1) is 0 Å². The Hall–Kier alpha value is -2.61. The van der Waals surface area contributed by atoms with Crippen LogP contribution < -0.4 is 10.1 Å². The van der Waals surface area contributed by atoms with Crippen LogP contribution in [-0.2, 0) is 20.8 Å². The molecule has 1 saturated heterocycles. The third-order valence-corrected chi connectivity index (χ3v) is 6.48. The molecule has 1 aromatic rings. The largest absolute Gasteiger partial charge is 0.492 e. The number of amides is 2. The first-order valence-corrected chi connectivity index (χ1v) is 12.4. The van der Waals surface area contributed by atoms with Crippen molar-refractivity contribution < 1.29 is 24.2 Å². The third kappa shape index (κ3) is 8.97. The maximum Gasteiger partial charge on any atom is 0.290 e. The fourth-order valence-electron chi connectivity index (χ4n) is 4.90. The summed E-state index contributed by atoms with van der Waals surface area (Å²) in [4.78, 5) is 37.7. The molecule has 2 heterocycles. The molecular formula is C26H41N3O5. The number of aryl methyl sites for hydroxylation is 1. The number of piperidine rings is 1. The van der Waals surface area contributed by atoms with Crippen LogP contribution in [-0.4, -0.2) is 77.6 Å². The zero-order valence-electron chi connectivity index (χ0n) is 20.9. The second kappa shape index (κ2) is 13.9. The number of nitrogens with zero attached hydrogens (tertiary/aromatic N) is 2. The molecule has 2 amide bonds. The van der Waals surface area contributed by atoms with Gasteiger partial charge in [-0.15, -0.1) is 0 Å². The van der Waals surface area contributed by atoms with E-state index in [2.05, 4.69) is 28.4 Å². The number of ether oxygens (including phenoxy) is 1. The topological polar surface area (TPSA) is 99.2 Å². The van der Waals surface area contributed by atoms with E-state index in [-0.39, 0.29) is 18.3 Å². The van der Waals surface area contributed by atoms with Gasteiger partial charge in [0.05, 0.1) is 6.54 Å². The zero-order valence-corrected chi connectivity index (χ0v) is 20.9. The Morgan fingerprint density at radius 2 is 1.76 bits per heavy atom. The minimum absolute atomic E-state index is 0.0554. The minimum Gasteiger partial charge on any atom is -0.492 e. The van der Waals surface area contributed by atoms with E-state index in [1.807, 2.05) is 11.0 Å². The summed E-state index contributed by atoms with van der Waals surface area (Å²) >= 11 is 0. The highest BCUT2D eigenvalue weighted by molar-refractivity contribution is 5.90. The maximum absolute atomic E-state index is 13.2. The number of hydrogen-bond acceptors (Lipinski definition) is 5. The molecule has 2 N–H and O–H groups in total. The summed E-state index contributed by atoms with van der Waals surface area (Å²) < 4.78 is 6.01. The van der Waals surface area contributed by atoms with Gasteiger partial charge in [-0.1, -0.05) is 18.6 Å². The first kappa shape index (κ1) is 27.6. The van der Waals surface area contributed by atoms with Gasteiger partial charge in [0.25, 0.3) is 6.47 Å². The number of carbonyl (C=O) groups is 3. The molecule has 2 bridgehead atoms. The number of carbonyl (C=O) groups excluding carboxylic acids is 2. The monoisotopic (exact) mass is 475 g/mol. The fraction of sp³-hybridized carbons (Fsp3) is 0.654. The van der Waals surface area contributed by atoms with E-state index in [1.165, 1.54) is 44.7 Å². The molecule has 0 radical (unpaired) electrons. The molecule has 1 aromatic carbocycles. The van der Waals surface area contributed by atoms with Crippen molar-refractivity contribution in [1.29, 1.82) is 0 Å². The van der Waals surface area contributed by atoms with Crippen molar-refractivity contribution in [3.63, 3.8) is 0 Å². The Morgan fingerprint density at radius 3 is 2.47 bits per heavy atom. The third-order valence-electron chi connectivity index (χ3n) is 6.48. The lowest BCUT2D eigenvalue weighted by Gasteiger charge is -2.36. The second-order valence-electron chi connectivity index (χ2n) is 9.63. The molecule has 0 saturated carbocycles. The summed E-state index contributed by atoms with van der Waals surface area (Å²) in [5, 5.41) is 9.68. The molecule has 0 aromatic heterocycles. The van der Waals surface area contributed by atoms with Crippen LogP contribution in [0.4, 0.5) is 0 Å². The van der Waals surface area contributed by atoms with E-state index < -0.39 is 5.54 Å². The van der Waals surface area contributed by atoms with Gasteiger partial charge in [0.15, 0.2) is 0 Å². The van der Waals surface area contributed by atoms with Crippen molar-refractivity contribution in [2.45, 2.75) is 77.3 Å². The summed E-state index contributed by atoms with van der Waals surface area (Å²) in [7, 11) is 0. The second-order valence-corrected chi connectivity index (χ2v) is 9.63. The first-order valence-electron chi connectivity index (χ1n) is 12.4. The average molecular weight is 476 g/mol. The number of hydrogen-bond donors (Lipinski definition) is 2. The van der Waals surface area contributed by atoms with Gasteiger partial charge in [-0.3, -0.25) is 14.4 Å². The standard InChI is InChI=1S/C25H39N3O3.CH2O2/c1-20(29)26-25(2,3)24(30)28-16-7-6-15-27-14-5-4-10-22(27)13-12-21-9-8-11-23(19-21)31-18-17-28;2-1-3/h8-9,11,19,22H,4-7,10,12-18H2,1-3H3,(H,26,29);1H,(H,2,3). The summed E-state index contributed by atoms with van der Waals surface area (Å²) in [6.07, 6.45) is 8.20. The van der Waals surface area contributed by atoms with Gasteiger partial charge in [-0.2, -0.15) is 0 Å². The summed E-state index contributed by atoms with van der Waals surface area (Å²) in [6, 6.07) is 9.02. The molecule has 34 heavy (non-hydrogen) atoms. The molecule has 2 aliphatic heterocycles. The molecule has 2 aliphatic rings. The Bertz CT molecular complexity index is 798. The van der Waals surface area contributed by atoms with Gasteiger partial charge in [-0.05, 0) is 83.2 Å². The molecule has 190 valence electrons. The Kier molecular flexibility index (Phi) is 11.3. The molecular weight excluding hydrogens is 434 g/mol. The lowest BCUT2D eigenvalue weighted by molar-refractivity contribution is -0.140. The number of carboxylic acid groups (broad SMARTS) is 1. The molecule has 0 aliphatic carbocycles. The molecule has 8 heteroatoms. The van der Waals surface area contributed by atoms with Gasteiger partial charge in [0.1, 0.15) is 17.9 Å². The number of benzene rings is 1. The highest BCUT2D eigenvalue weighted by atomic mass is 16.5. The van der Waals surface area contributed by atoms with Crippen LogP contribution in [0.25, 0.3) is 0 Å². The van der Waals surface area contributed by atoms with Crippen molar-refractivity contribution in [3.05, 3.63) is 29.8 Å². The molecule has 1 fully saturated rings. The zero-order chi connectivity index (χ0) is 25.0. The van der Waals surface area contributed by atoms with E-state index in [9.17, 15) is 9.59 Å². The van der Waals surface area contributed by atoms with E-state index in [1.54, 1.807) is 13.8 Å². The van der Waals surface area contributed by atoms with Crippen molar-refractivity contribution in [2.75, 3.05) is 32.8 Å². The van der Waals surface area contributed by atoms with Crippen LogP contribution in [0.1, 0.15) is 64.9 Å². The highest BCUT2D eigenvalue weighted by Crippen LogP contribution is 2.23. The summed E-state index contributed by atoms with van der Waals surface area (Å²) in [5.41, 5.74) is 0.393. The van der Waals surface area contributed by atoms with Gasteiger partial charge in [0, 0.05) is 19.5 Å². The van der Waals surface area contributed by atoms with E-state index >= 15 is 0 Å². The van der Waals surface area contributed by atoms with E-state index in [0.717, 1.165) is 31.6 Å². The Morgan fingerprint density at radius 1 is 1.09 bits per heavy atom. The lowest BCUT2D eigenvalue weighted by atomic mass is 9.95. The van der Waals surface area contributed by atoms with Crippen LogP contribution in [0.15, 0.2) is 24.3 Å². The van der Waals surface area contributed by atoms with Gasteiger partial charge >= 0.3 is 0 Å². The summed E-state index contributed by atoms with van der Waals surface area (Å²) in [6.45, 7) is 8.67. The van der Waals surface area contributed by atoms with E-state index in [4.69, 9.17) is 14.6 Å². The lowest BCUT2D eigenvalue weighted by Crippen LogP contribution is -2.56. The predicted molar refractivity (Wildman–Crippen MR) is 132 cm³/mol. The van der Waals surface area contributed by atoms with Crippen LogP contribution >= 0.6 is 0 Å². The normalized spacial score (nSPS) is 20.2. The molecule has 3 rings (SSSR count). The van der Waals surface area contributed by atoms with Gasteiger partial charge < -0.3 is 25.0 Å². The fourth-order valence-corrected chi connectivity index (χ4v) is 4.90. The van der Waals surface area contributed by atoms with Crippen LogP contribution in [0.5, 0.6) is 5.75 Å². The van der Waals surface area contributed by atoms with Crippen LogP contribution in [0.3, 0.4) is 0 Å². The molecule has 1 unspecified atom stereocenters.